The van der Waals surface area contributed by atoms with Crippen molar-refractivity contribution in [3.8, 4) is 0 Å². The van der Waals surface area contributed by atoms with Crippen LogP contribution >= 0.6 is 11.8 Å². The Balaban J connectivity index is 1.92. The van der Waals surface area contributed by atoms with Crippen molar-refractivity contribution in [2.75, 3.05) is 20.6 Å². The van der Waals surface area contributed by atoms with E-state index >= 15 is 0 Å². The summed E-state index contributed by atoms with van der Waals surface area (Å²) in [5.41, 5.74) is 0.956. The first-order chi connectivity index (χ1) is 13.9. The summed E-state index contributed by atoms with van der Waals surface area (Å²) in [6, 6.07) is 12.7. The molecule has 0 aliphatic carbocycles. The van der Waals surface area contributed by atoms with Crippen LogP contribution in [-0.2, 0) is 6.54 Å². The number of Topliss-reactive ketones (excluding diaryl/α,β-unsaturated/α-hetero) is 1. The van der Waals surface area contributed by atoms with E-state index in [9.17, 15) is 14.0 Å². The number of fused-ring (bicyclic) bond motifs is 1. The van der Waals surface area contributed by atoms with Crippen LogP contribution in [0.15, 0.2) is 58.5 Å². The molecule has 1 heterocycles. The fourth-order valence-corrected chi connectivity index (χ4v) is 4.05. The summed E-state index contributed by atoms with van der Waals surface area (Å²) in [6.07, 6.45) is 0.792. The van der Waals surface area contributed by atoms with Gasteiger partial charge in [-0.25, -0.2) is 9.37 Å². The number of hydrogen-bond donors (Lipinski definition) is 0. The van der Waals surface area contributed by atoms with Crippen LogP contribution in [0.1, 0.15) is 23.7 Å². The summed E-state index contributed by atoms with van der Waals surface area (Å²) in [5, 5.41) is 0.628. The van der Waals surface area contributed by atoms with Crippen LogP contribution < -0.4 is 5.56 Å². The van der Waals surface area contributed by atoms with Gasteiger partial charge < -0.3 is 4.90 Å². The monoisotopic (exact) mass is 413 g/mol. The van der Waals surface area contributed by atoms with Gasteiger partial charge in [0.05, 0.1) is 16.2 Å². The molecule has 0 fully saturated rings. The number of para-hydroxylation sites is 1. The zero-order valence-electron chi connectivity index (χ0n) is 16.8. The van der Waals surface area contributed by atoms with E-state index in [0.29, 0.717) is 28.2 Å². The van der Waals surface area contributed by atoms with E-state index in [-0.39, 0.29) is 17.2 Å². The van der Waals surface area contributed by atoms with Crippen LogP contribution in [0.4, 0.5) is 4.39 Å². The molecule has 0 unspecified atom stereocenters. The fraction of sp³-hybridized carbons (Fsp3) is 0.318. The summed E-state index contributed by atoms with van der Waals surface area (Å²) in [6.45, 7) is 3.14. The normalized spacial score (nSPS) is 12.4. The van der Waals surface area contributed by atoms with Gasteiger partial charge in [-0.1, -0.05) is 23.9 Å². The number of aromatic nitrogens is 2. The van der Waals surface area contributed by atoms with Crippen molar-refractivity contribution < 1.29 is 9.18 Å². The molecular formula is C22H24FN3O2S. The Hall–Kier alpha value is -2.51. The second-order valence-corrected chi connectivity index (χ2v) is 8.46. The molecule has 7 heteroatoms. The molecular weight excluding hydrogens is 389 g/mol. The number of ketones is 1. The Morgan fingerprint density at radius 2 is 1.86 bits per heavy atom. The minimum Gasteiger partial charge on any atom is -0.309 e. The average Bonchev–Trinajstić information content (AvgIpc) is 2.70. The number of carbonyl (C=O) groups is 1. The van der Waals surface area contributed by atoms with Gasteiger partial charge in [0.25, 0.3) is 5.56 Å². The zero-order valence-corrected chi connectivity index (χ0v) is 17.6. The minimum absolute atomic E-state index is 0.0988. The van der Waals surface area contributed by atoms with E-state index in [4.69, 9.17) is 0 Å². The number of halogens is 1. The Labute approximate surface area is 173 Å². The molecule has 0 saturated heterocycles. The summed E-state index contributed by atoms with van der Waals surface area (Å²) < 4.78 is 14.8. The summed E-state index contributed by atoms with van der Waals surface area (Å²) >= 11 is 1.26. The summed E-state index contributed by atoms with van der Waals surface area (Å²) in [7, 11) is 3.97. The highest BCUT2D eigenvalue weighted by atomic mass is 32.2. The molecule has 29 heavy (non-hydrogen) atoms. The standard InChI is InChI=1S/C22H24FN3O2S/c1-15(20(27)16-9-11-17(23)12-10-16)29-22-24-19-8-5-4-7-18(19)21(28)26(22)14-6-13-25(2)3/h4-5,7-12,15H,6,13-14H2,1-3H3/t15-/m1/s1. The van der Waals surface area contributed by atoms with Gasteiger partial charge in [0.2, 0.25) is 0 Å². The minimum atomic E-state index is -0.464. The molecule has 5 nitrogen and oxygen atoms in total. The molecule has 1 atom stereocenters. The van der Waals surface area contributed by atoms with Gasteiger partial charge in [-0.2, -0.15) is 0 Å². The highest BCUT2D eigenvalue weighted by Crippen LogP contribution is 2.25. The predicted octanol–water partition coefficient (Wildman–Crippen LogP) is 3.85. The van der Waals surface area contributed by atoms with Crippen LogP contribution in [0.3, 0.4) is 0 Å². The van der Waals surface area contributed by atoms with E-state index in [1.54, 1.807) is 23.6 Å². The lowest BCUT2D eigenvalue weighted by molar-refractivity contribution is 0.0993. The van der Waals surface area contributed by atoms with Crippen molar-refractivity contribution in [3.05, 3.63) is 70.3 Å². The van der Waals surface area contributed by atoms with Gasteiger partial charge in [-0.05, 0) is 70.4 Å². The van der Waals surface area contributed by atoms with E-state index in [1.807, 2.05) is 26.2 Å². The SMILES string of the molecule is C[C@@H](Sc1nc2ccccc2c(=O)n1CCCN(C)C)C(=O)c1ccc(F)cc1. The van der Waals surface area contributed by atoms with Gasteiger partial charge in [0.1, 0.15) is 5.82 Å². The quantitative estimate of drug-likeness (QED) is 0.319. The Bertz CT molecular complexity index is 1060. The highest BCUT2D eigenvalue weighted by Gasteiger charge is 2.20. The molecule has 0 aliphatic rings. The first-order valence-electron chi connectivity index (χ1n) is 9.47. The molecule has 1 aromatic heterocycles. The van der Waals surface area contributed by atoms with E-state index in [1.165, 1.54) is 36.0 Å². The van der Waals surface area contributed by atoms with Gasteiger partial charge in [0, 0.05) is 12.1 Å². The second kappa shape index (κ2) is 9.33. The van der Waals surface area contributed by atoms with Crippen molar-refractivity contribution in [2.45, 2.75) is 30.3 Å². The molecule has 0 spiro atoms. The first-order valence-corrected chi connectivity index (χ1v) is 10.4. The molecule has 0 N–H and O–H groups in total. The van der Waals surface area contributed by atoms with Crippen molar-refractivity contribution >= 4 is 28.4 Å². The van der Waals surface area contributed by atoms with Crippen LogP contribution in [-0.4, -0.2) is 46.1 Å². The number of carbonyl (C=O) groups excluding carboxylic acids is 1. The topological polar surface area (TPSA) is 55.2 Å². The van der Waals surface area contributed by atoms with Crippen LogP contribution in [0, 0.1) is 5.82 Å². The third-order valence-corrected chi connectivity index (χ3v) is 5.68. The molecule has 3 rings (SSSR count). The Morgan fingerprint density at radius 3 is 2.55 bits per heavy atom. The van der Waals surface area contributed by atoms with Gasteiger partial charge in [0.15, 0.2) is 10.9 Å². The van der Waals surface area contributed by atoms with Crippen molar-refractivity contribution in [1.29, 1.82) is 0 Å². The molecule has 152 valence electrons. The number of benzene rings is 2. The molecule has 0 amide bonds. The largest absolute Gasteiger partial charge is 0.309 e. The maximum absolute atomic E-state index is 13.2. The highest BCUT2D eigenvalue weighted by molar-refractivity contribution is 8.00. The van der Waals surface area contributed by atoms with E-state index in [0.717, 1.165) is 13.0 Å². The Morgan fingerprint density at radius 1 is 1.17 bits per heavy atom. The fourth-order valence-electron chi connectivity index (χ4n) is 3.04. The maximum atomic E-state index is 13.2. The third-order valence-electron chi connectivity index (χ3n) is 4.59. The first kappa shape index (κ1) is 21.2. The number of hydrogen-bond acceptors (Lipinski definition) is 5. The lowest BCUT2D eigenvalue weighted by Crippen LogP contribution is -2.26. The molecule has 2 aromatic carbocycles. The van der Waals surface area contributed by atoms with Gasteiger partial charge >= 0.3 is 0 Å². The van der Waals surface area contributed by atoms with Crippen LogP contribution in [0.5, 0.6) is 0 Å². The van der Waals surface area contributed by atoms with Crippen LogP contribution in [0.2, 0.25) is 0 Å². The maximum Gasteiger partial charge on any atom is 0.262 e. The number of thioether (sulfide) groups is 1. The van der Waals surface area contributed by atoms with Crippen LogP contribution in [0.25, 0.3) is 10.9 Å². The lowest BCUT2D eigenvalue weighted by Gasteiger charge is -2.17. The van der Waals surface area contributed by atoms with Crippen molar-refractivity contribution in [2.24, 2.45) is 0 Å². The molecule has 0 aliphatic heterocycles. The average molecular weight is 414 g/mol. The van der Waals surface area contributed by atoms with E-state index in [2.05, 4.69) is 9.88 Å². The molecule has 3 aromatic rings. The van der Waals surface area contributed by atoms with Gasteiger partial charge in [-0.3, -0.25) is 14.2 Å². The molecule has 0 bridgehead atoms. The number of rotatable bonds is 8. The van der Waals surface area contributed by atoms with Gasteiger partial charge in [-0.15, -0.1) is 0 Å². The summed E-state index contributed by atoms with van der Waals surface area (Å²) in [5.74, 6) is -0.509. The third kappa shape index (κ3) is 5.10. The smallest absolute Gasteiger partial charge is 0.262 e. The van der Waals surface area contributed by atoms with Crippen molar-refractivity contribution in [3.63, 3.8) is 0 Å². The molecule has 0 saturated carbocycles. The number of nitrogens with zero attached hydrogens (tertiary/aromatic N) is 3. The van der Waals surface area contributed by atoms with Crippen molar-refractivity contribution in [1.82, 2.24) is 14.5 Å². The second-order valence-electron chi connectivity index (χ2n) is 7.16. The lowest BCUT2D eigenvalue weighted by atomic mass is 10.1. The molecule has 0 radical (unpaired) electrons. The predicted molar refractivity (Wildman–Crippen MR) is 115 cm³/mol. The Kier molecular flexibility index (Phi) is 6.82. The summed E-state index contributed by atoms with van der Waals surface area (Å²) in [4.78, 5) is 32.5. The van der Waals surface area contributed by atoms with E-state index < -0.39 is 5.25 Å². The zero-order chi connectivity index (χ0) is 21.0.